The third kappa shape index (κ3) is 2.91. The number of benzene rings is 1. The molecule has 0 unspecified atom stereocenters. The molecule has 3 atom stereocenters. The average Bonchev–Trinajstić information content (AvgIpc) is 3.00. The van der Waals surface area contributed by atoms with Gasteiger partial charge in [-0.05, 0) is 30.9 Å². The first-order valence-corrected chi connectivity index (χ1v) is 7.20. The smallest absolute Gasteiger partial charge is 0.309 e. The number of carbonyl (C=O) groups is 1. The predicted octanol–water partition coefficient (Wildman–Crippen LogP) is 2.71. The van der Waals surface area contributed by atoms with Gasteiger partial charge >= 0.3 is 5.97 Å². The summed E-state index contributed by atoms with van der Waals surface area (Å²) < 4.78 is 5.44. The average molecular weight is 259 g/mol. The van der Waals surface area contributed by atoms with Gasteiger partial charge in [0.1, 0.15) is 0 Å². The Balaban J connectivity index is 1.46. The van der Waals surface area contributed by atoms with Crippen LogP contribution >= 0.6 is 0 Å². The van der Waals surface area contributed by atoms with Gasteiger partial charge in [0.05, 0.1) is 12.5 Å². The third-order valence-electron chi connectivity index (χ3n) is 4.28. The van der Waals surface area contributed by atoms with E-state index in [-0.39, 0.29) is 11.9 Å². The van der Waals surface area contributed by atoms with Crippen LogP contribution in [0, 0.1) is 17.8 Å². The first kappa shape index (κ1) is 12.5. The summed E-state index contributed by atoms with van der Waals surface area (Å²) in [5.74, 6) is 1.23. The van der Waals surface area contributed by atoms with Crippen LogP contribution in [0.25, 0.3) is 0 Å². The van der Waals surface area contributed by atoms with Gasteiger partial charge in [0.15, 0.2) is 0 Å². The number of ether oxygens (including phenoxy) is 1. The van der Waals surface area contributed by atoms with Crippen molar-refractivity contribution in [3.05, 3.63) is 30.3 Å². The second kappa shape index (κ2) is 5.24. The van der Waals surface area contributed by atoms with Crippen molar-refractivity contribution in [2.45, 2.75) is 19.8 Å². The number of anilines is 1. The number of para-hydroxylation sites is 1. The molecule has 3 nitrogen and oxygen atoms in total. The number of carbonyl (C=O) groups excluding carboxylic acids is 1. The van der Waals surface area contributed by atoms with Gasteiger partial charge < -0.3 is 9.64 Å². The van der Waals surface area contributed by atoms with Gasteiger partial charge in [0.2, 0.25) is 0 Å². The molecule has 0 N–H and O–H groups in total. The van der Waals surface area contributed by atoms with Gasteiger partial charge in [-0.15, -0.1) is 0 Å². The van der Waals surface area contributed by atoms with Gasteiger partial charge in [0.25, 0.3) is 0 Å². The van der Waals surface area contributed by atoms with E-state index in [1.54, 1.807) is 0 Å². The van der Waals surface area contributed by atoms with Crippen LogP contribution < -0.4 is 4.90 Å². The normalized spacial score (nSPS) is 29.3. The second-order valence-electron chi connectivity index (χ2n) is 5.89. The molecule has 1 aliphatic carbocycles. The van der Waals surface area contributed by atoms with Crippen LogP contribution in [-0.2, 0) is 9.53 Å². The topological polar surface area (TPSA) is 29.5 Å². The summed E-state index contributed by atoms with van der Waals surface area (Å²) in [6.07, 6.45) is 2.13. The number of nitrogens with zero attached hydrogens (tertiary/aromatic N) is 1. The Bertz CT molecular complexity index is 445. The van der Waals surface area contributed by atoms with Gasteiger partial charge in [-0.25, -0.2) is 0 Å². The Kier molecular flexibility index (Phi) is 3.45. The first-order valence-electron chi connectivity index (χ1n) is 7.20. The number of rotatable bonds is 4. The molecule has 0 aromatic heterocycles. The van der Waals surface area contributed by atoms with Crippen molar-refractivity contribution in [3.8, 4) is 0 Å². The molecule has 2 aliphatic rings. The lowest BCUT2D eigenvalue weighted by molar-refractivity contribution is -0.146. The molecule has 1 aliphatic heterocycles. The molecule has 1 heterocycles. The van der Waals surface area contributed by atoms with Crippen LogP contribution in [0.2, 0.25) is 0 Å². The zero-order valence-electron chi connectivity index (χ0n) is 11.4. The Morgan fingerprint density at radius 3 is 2.79 bits per heavy atom. The predicted molar refractivity (Wildman–Crippen MR) is 75.0 cm³/mol. The lowest BCUT2D eigenvalue weighted by atomic mass is 10.1. The summed E-state index contributed by atoms with van der Waals surface area (Å²) >= 11 is 0. The van der Waals surface area contributed by atoms with Crippen molar-refractivity contribution in [1.82, 2.24) is 0 Å². The summed E-state index contributed by atoms with van der Waals surface area (Å²) in [4.78, 5) is 14.1. The number of hydrogen-bond acceptors (Lipinski definition) is 3. The van der Waals surface area contributed by atoms with E-state index in [4.69, 9.17) is 4.74 Å². The molecule has 0 bridgehead atoms. The maximum Gasteiger partial charge on any atom is 0.309 e. The van der Waals surface area contributed by atoms with Crippen LogP contribution in [0.4, 0.5) is 5.69 Å². The second-order valence-corrected chi connectivity index (χ2v) is 5.89. The summed E-state index contributed by atoms with van der Waals surface area (Å²) in [6, 6.07) is 10.4. The molecular weight excluding hydrogens is 238 g/mol. The van der Waals surface area contributed by atoms with Crippen LogP contribution in [0.3, 0.4) is 0 Å². The first-order chi connectivity index (χ1) is 9.24. The van der Waals surface area contributed by atoms with Crippen molar-refractivity contribution in [2.75, 3.05) is 24.6 Å². The number of esters is 1. The molecule has 1 saturated carbocycles. The minimum Gasteiger partial charge on any atom is -0.465 e. The van der Waals surface area contributed by atoms with Gasteiger partial charge in [-0.1, -0.05) is 25.1 Å². The molecule has 0 radical (unpaired) electrons. The molecule has 0 spiro atoms. The Labute approximate surface area is 114 Å². The van der Waals surface area contributed by atoms with Gasteiger partial charge in [-0.2, -0.15) is 0 Å². The molecule has 102 valence electrons. The summed E-state index contributed by atoms with van der Waals surface area (Å²) in [7, 11) is 0. The third-order valence-corrected chi connectivity index (χ3v) is 4.28. The van der Waals surface area contributed by atoms with E-state index in [0.717, 1.165) is 25.9 Å². The van der Waals surface area contributed by atoms with Crippen LogP contribution in [0.1, 0.15) is 19.8 Å². The SMILES string of the molecule is C[C@@H]1C[C@H]1C(=O)OC[C@H]1CCN(c2ccccc2)C1. The highest BCUT2D eigenvalue weighted by atomic mass is 16.5. The van der Waals surface area contributed by atoms with E-state index in [9.17, 15) is 4.79 Å². The molecule has 1 aromatic carbocycles. The fourth-order valence-electron chi connectivity index (χ4n) is 2.80. The fraction of sp³-hybridized carbons (Fsp3) is 0.562. The van der Waals surface area contributed by atoms with Crippen molar-refractivity contribution >= 4 is 11.7 Å². The summed E-state index contributed by atoms with van der Waals surface area (Å²) in [6.45, 7) is 4.76. The fourth-order valence-corrected chi connectivity index (χ4v) is 2.80. The Morgan fingerprint density at radius 1 is 1.37 bits per heavy atom. The van der Waals surface area contributed by atoms with Gasteiger partial charge in [-0.3, -0.25) is 4.79 Å². The lowest BCUT2D eigenvalue weighted by Crippen LogP contribution is -2.22. The standard InChI is InChI=1S/C16H21NO2/c1-12-9-15(12)16(18)19-11-13-7-8-17(10-13)14-5-3-2-4-6-14/h2-6,12-13,15H,7-11H2,1H3/t12-,13+,15-/m1/s1. The highest BCUT2D eigenvalue weighted by molar-refractivity contribution is 5.75. The van der Waals surface area contributed by atoms with Crippen LogP contribution in [0.15, 0.2) is 30.3 Å². The van der Waals surface area contributed by atoms with Crippen molar-refractivity contribution in [3.63, 3.8) is 0 Å². The van der Waals surface area contributed by atoms with E-state index in [0.29, 0.717) is 18.4 Å². The number of hydrogen-bond donors (Lipinski definition) is 0. The molecule has 3 heteroatoms. The maximum atomic E-state index is 11.7. The van der Waals surface area contributed by atoms with Crippen molar-refractivity contribution < 1.29 is 9.53 Å². The van der Waals surface area contributed by atoms with E-state index in [2.05, 4.69) is 36.1 Å². The minimum atomic E-state index is 0.0191. The highest BCUT2D eigenvalue weighted by Crippen LogP contribution is 2.38. The molecule has 1 saturated heterocycles. The van der Waals surface area contributed by atoms with E-state index in [1.165, 1.54) is 5.69 Å². The van der Waals surface area contributed by atoms with Gasteiger partial charge in [0, 0.05) is 24.7 Å². The quantitative estimate of drug-likeness (QED) is 0.779. The van der Waals surface area contributed by atoms with Crippen molar-refractivity contribution in [1.29, 1.82) is 0 Å². The molecule has 19 heavy (non-hydrogen) atoms. The van der Waals surface area contributed by atoms with E-state index in [1.807, 2.05) is 6.07 Å². The maximum absolute atomic E-state index is 11.7. The minimum absolute atomic E-state index is 0.0191. The zero-order valence-corrected chi connectivity index (χ0v) is 11.4. The molecule has 0 amide bonds. The molecule has 3 rings (SSSR count). The summed E-state index contributed by atoms with van der Waals surface area (Å²) in [5, 5.41) is 0. The van der Waals surface area contributed by atoms with E-state index >= 15 is 0 Å². The lowest BCUT2D eigenvalue weighted by Gasteiger charge is -2.18. The molecule has 2 fully saturated rings. The zero-order chi connectivity index (χ0) is 13.2. The van der Waals surface area contributed by atoms with Crippen LogP contribution in [-0.4, -0.2) is 25.7 Å². The highest BCUT2D eigenvalue weighted by Gasteiger charge is 2.40. The van der Waals surface area contributed by atoms with Crippen LogP contribution in [0.5, 0.6) is 0 Å². The Morgan fingerprint density at radius 2 is 2.11 bits per heavy atom. The monoisotopic (exact) mass is 259 g/mol. The molecule has 1 aromatic rings. The summed E-state index contributed by atoms with van der Waals surface area (Å²) in [5.41, 5.74) is 1.27. The van der Waals surface area contributed by atoms with Crippen molar-refractivity contribution in [2.24, 2.45) is 17.8 Å². The van der Waals surface area contributed by atoms with E-state index < -0.39 is 0 Å². The Hall–Kier alpha value is -1.51. The molecular formula is C16H21NO2. The largest absolute Gasteiger partial charge is 0.465 e.